The lowest BCUT2D eigenvalue weighted by atomic mass is 10.0. The number of esters is 1. The predicted octanol–water partition coefficient (Wildman–Crippen LogP) is 3.67. The Balaban J connectivity index is 2.66. The topological polar surface area (TPSA) is 26.3 Å². The highest BCUT2D eigenvalue weighted by Gasteiger charge is 2.16. The van der Waals surface area contributed by atoms with Crippen molar-refractivity contribution in [3.8, 4) is 0 Å². The maximum atomic E-state index is 13.8. The molecule has 1 aromatic rings. The van der Waals surface area contributed by atoms with Gasteiger partial charge in [0.15, 0.2) is 0 Å². The minimum Gasteiger partial charge on any atom is -0.466 e. The van der Waals surface area contributed by atoms with Crippen molar-refractivity contribution in [3.63, 3.8) is 0 Å². The Hall–Kier alpha value is -1.64. The van der Waals surface area contributed by atoms with Gasteiger partial charge in [-0.1, -0.05) is 37.3 Å². The van der Waals surface area contributed by atoms with Crippen molar-refractivity contribution < 1.29 is 13.9 Å². The zero-order chi connectivity index (χ0) is 13.4. The van der Waals surface area contributed by atoms with Crippen LogP contribution in [0.4, 0.5) is 4.39 Å². The standard InChI is InChI=1S/C15H19FO2/c1-3-13(15(17)18-4-2)11-14(16)10-12-8-6-5-7-9-12/h5-9,11,13H,3-4,10H2,1-2H3/b14-11-. The molecular formula is C15H19FO2. The van der Waals surface area contributed by atoms with Crippen LogP contribution < -0.4 is 0 Å². The van der Waals surface area contributed by atoms with Gasteiger partial charge in [0.25, 0.3) is 0 Å². The molecule has 0 N–H and O–H groups in total. The molecule has 18 heavy (non-hydrogen) atoms. The van der Waals surface area contributed by atoms with Crippen molar-refractivity contribution in [1.82, 2.24) is 0 Å². The van der Waals surface area contributed by atoms with E-state index in [-0.39, 0.29) is 18.2 Å². The Kier molecular flexibility index (Phi) is 6.12. The molecule has 0 aromatic heterocycles. The van der Waals surface area contributed by atoms with Crippen molar-refractivity contribution in [2.45, 2.75) is 26.7 Å². The van der Waals surface area contributed by atoms with E-state index >= 15 is 0 Å². The average Bonchev–Trinajstić information content (AvgIpc) is 2.37. The summed E-state index contributed by atoms with van der Waals surface area (Å²) in [5.41, 5.74) is 0.893. The van der Waals surface area contributed by atoms with Crippen molar-refractivity contribution in [3.05, 3.63) is 47.8 Å². The van der Waals surface area contributed by atoms with Crippen molar-refractivity contribution in [2.75, 3.05) is 6.61 Å². The highest BCUT2D eigenvalue weighted by molar-refractivity contribution is 5.74. The summed E-state index contributed by atoms with van der Waals surface area (Å²) in [6.45, 7) is 3.91. The van der Waals surface area contributed by atoms with E-state index in [0.717, 1.165) is 5.56 Å². The van der Waals surface area contributed by atoms with E-state index in [1.807, 2.05) is 37.3 Å². The van der Waals surface area contributed by atoms with E-state index in [1.165, 1.54) is 6.08 Å². The van der Waals surface area contributed by atoms with Gasteiger partial charge in [-0.15, -0.1) is 0 Å². The van der Waals surface area contributed by atoms with Crippen LogP contribution in [-0.2, 0) is 16.0 Å². The molecule has 0 spiro atoms. The summed E-state index contributed by atoms with van der Waals surface area (Å²) in [4.78, 5) is 11.5. The number of hydrogen-bond donors (Lipinski definition) is 0. The number of carbonyl (C=O) groups is 1. The number of carbonyl (C=O) groups excluding carboxylic acids is 1. The van der Waals surface area contributed by atoms with Crippen LogP contribution in [0.25, 0.3) is 0 Å². The summed E-state index contributed by atoms with van der Waals surface area (Å²) in [5, 5.41) is 0. The van der Waals surface area contributed by atoms with Crippen LogP contribution in [0, 0.1) is 5.92 Å². The smallest absolute Gasteiger partial charge is 0.312 e. The fourth-order valence-electron chi connectivity index (χ4n) is 1.67. The first-order chi connectivity index (χ1) is 8.67. The van der Waals surface area contributed by atoms with Gasteiger partial charge in [-0.05, 0) is 25.0 Å². The maximum absolute atomic E-state index is 13.8. The molecule has 0 saturated heterocycles. The highest BCUT2D eigenvalue weighted by Crippen LogP contribution is 2.15. The molecule has 1 aromatic carbocycles. The second-order valence-corrected chi connectivity index (χ2v) is 4.04. The molecule has 0 radical (unpaired) electrons. The Morgan fingerprint density at radius 1 is 1.33 bits per heavy atom. The molecule has 0 bridgehead atoms. The number of rotatable bonds is 6. The first-order valence-corrected chi connectivity index (χ1v) is 6.24. The molecule has 1 atom stereocenters. The molecule has 0 aliphatic carbocycles. The second-order valence-electron chi connectivity index (χ2n) is 4.04. The van der Waals surface area contributed by atoms with Crippen LogP contribution in [0.3, 0.4) is 0 Å². The largest absolute Gasteiger partial charge is 0.466 e. The fourth-order valence-corrected chi connectivity index (χ4v) is 1.67. The third-order valence-electron chi connectivity index (χ3n) is 2.63. The van der Waals surface area contributed by atoms with Crippen LogP contribution in [0.5, 0.6) is 0 Å². The van der Waals surface area contributed by atoms with Gasteiger partial charge in [0, 0.05) is 6.42 Å². The Bertz CT molecular complexity index is 398. The monoisotopic (exact) mass is 250 g/mol. The maximum Gasteiger partial charge on any atom is 0.312 e. The van der Waals surface area contributed by atoms with Crippen LogP contribution in [-0.4, -0.2) is 12.6 Å². The van der Waals surface area contributed by atoms with E-state index in [9.17, 15) is 9.18 Å². The van der Waals surface area contributed by atoms with Crippen LogP contribution >= 0.6 is 0 Å². The van der Waals surface area contributed by atoms with Gasteiger partial charge in [0.2, 0.25) is 0 Å². The summed E-state index contributed by atoms with van der Waals surface area (Å²) in [6, 6.07) is 9.34. The first-order valence-electron chi connectivity index (χ1n) is 6.24. The molecule has 0 saturated carbocycles. The van der Waals surface area contributed by atoms with Gasteiger partial charge in [-0.2, -0.15) is 0 Å². The normalized spacial score (nSPS) is 13.2. The van der Waals surface area contributed by atoms with Crippen molar-refractivity contribution >= 4 is 5.97 Å². The van der Waals surface area contributed by atoms with Gasteiger partial charge in [0.1, 0.15) is 5.83 Å². The number of hydrogen-bond acceptors (Lipinski definition) is 2. The fraction of sp³-hybridized carbons (Fsp3) is 0.400. The molecule has 0 aliphatic rings. The molecule has 3 heteroatoms. The SMILES string of the molecule is CCOC(=O)C(/C=C(\F)Cc1ccccc1)CC. The molecule has 0 amide bonds. The first kappa shape index (κ1) is 14.4. The Labute approximate surface area is 107 Å². The summed E-state index contributed by atoms with van der Waals surface area (Å²) in [5.74, 6) is -1.14. The lowest BCUT2D eigenvalue weighted by Crippen LogP contribution is -2.15. The Morgan fingerprint density at radius 3 is 2.56 bits per heavy atom. The van der Waals surface area contributed by atoms with E-state index in [4.69, 9.17) is 4.74 Å². The molecule has 0 fully saturated rings. The summed E-state index contributed by atoms with van der Waals surface area (Å²) < 4.78 is 18.7. The number of halogens is 1. The van der Waals surface area contributed by atoms with Gasteiger partial charge in [-0.25, -0.2) is 4.39 Å². The predicted molar refractivity (Wildman–Crippen MR) is 69.8 cm³/mol. The lowest BCUT2D eigenvalue weighted by molar-refractivity contribution is -0.146. The van der Waals surface area contributed by atoms with E-state index in [2.05, 4.69) is 0 Å². The molecule has 1 unspecified atom stereocenters. The lowest BCUT2D eigenvalue weighted by Gasteiger charge is -2.09. The summed E-state index contributed by atoms with van der Waals surface area (Å²) >= 11 is 0. The molecule has 0 heterocycles. The zero-order valence-corrected chi connectivity index (χ0v) is 10.9. The van der Waals surface area contributed by atoms with E-state index in [0.29, 0.717) is 13.0 Å². The second kappa shape index (κ2) is 7.64. The molecule has 98 valence electrons. The van der Waals surface area contributed by atoms with Gasteiger partial charge in [-0.3, -0.25) is 4.79 Å². The zero-order valence-electron chi connectivity index (χ0n) is 10.9. The number of benzene rings is 1. The van der Waals surface area contributed by atoms with Gasteiger partial charge < -0.3 is 4.74 Å². The van der Waals surface area contributed by atoms with Crippen molar-refractivity contribution in [1.29, 1.82) is 0 Å². The van der Waals surface area contributed by atoms with Crippen molar-refractivity contribution in [2.24, 2.45) is 5.92 Å². The van der Waals surface area contributed by atoms with Crippen LogP contribution in [0.2, 0.25) is 0 Å². The number of allylic oxidation sites excluding steroid dienone is 1. The minimum atomic E-state index is -0.492. The highest BCUT2D eigenvalue weighted by atomic mass is 19.1. The molecule has 0 aliphatic heterocycles. The summed E-state index contributed by atoms with van der Waals surface area (Å²) in [7, 11) is 0. The molecule has 1 rings (SSSR count). The number of ether oxygens (including phenoxy) is 1. The third kappa shape index (κ3) is 4.70. The van der Waals surface area contributed by atoms with E-state index in [1.54, 1.807) is 6.92 Å². The van der Waals surface area contributed by atoms with E-state index < -0.39 is 5.92 Å². The van der Waals surface area contributed by atoms with Crippen LogP contribution in [0.1, 0.15) is 25.8 Å². The average molecular weight is 250 g/mol. The molecular weight excluding hydrogens is 231 g/mol. The molecule has 2 nitrogen and oxygen atoms in total. The quantitative estimate of drug-likeness (QED) is 0.720. The summed E-state index contributed by atoms with van der Waals surface area (Å²) in [6.07, 6.45) is 2.13. The van der Waals surface area contributed by atoms with Gasteiger partial charge in [0.05, 0.1) is 12.5 Å². The minimum absolute atomic E-state index is 0.219. The van der Waals surface area contributed by atoms with Gasteiger partial charge >= 0.3 is 5.97 Å². The third-order valence-corrected chi connectivity index (χ3v) is 2.63. The van der Waals surface area contributed by atoms with Crippen LogP contribution in [0.15, 0.2) is 42.2 Å². The Morgan fingerprint density at radius 2 is 2.00 bits per heavy atom.